The summed E-state index contributed by atoms with van der Waals surface area (Å²) in [5, 5.41) is 9.22. The van der Waals surface area contributed by atoms with Crippen LogP contribution in [-0.2, 0) is 6.54 Å². The van der Waals surface area contributed by atoms with Gasteiger partial charge in [-0.25, -0.2) is 4.98 Å². The van der Waals surface area contributed by atoms with Gasteiger partial charge in [0, 0.05) is 24.8 Å². The first-order valence-electron chi connectivity index (χ1n) is 6.57. The second-order valence-corrected chi connectivity index (χ2v) is 4.59. The van der Waals surface area contributed by atoms with Gasteiger partial charge >= 0.3 is 0 Å². The number of aromatic nitrogens is 1. The molecule has 1 heterocycles. The van der Waals surface area contributed by atoms with Gasteiger partial charge in [0.15, 0.2) is 5.78 Å². The lowest BCUT2D eigenvalue weighted by Crippen LogP contribution is -2.27. The fraction of sp³-hybridized carbons (Fsp3) is 0.250. The van der Waals surface area contributed by atoms with E-state index in [1.165, 1.54) is 6.92 Å². The molecule has 104 valence electrons. The zero-order valence-electron chi connectivity index (χ0n) is 11.5. The third kappa shape index (κ3) is 3.65. The van der Waals surface area contributed by atoms with E-state index in [0.29, 0.717) is 24.5 Å². The minimum atomic E-state index is 0.0114. The number of benzene rings is 1. The van der Waals surface area contributed by atoms with Crippen LogP contribution in [-0.4, -0.2) is 29.0 Å². The molecule has 0 atom stereocenters. The summed E-state index contributed by atoms with van der Waals surface area (Å²) in [6, 6.07) is 13.4. The second-order valence-electron chi connectivity index (χ2n) is 4.59. The van der Waals surface area contributed by atoms with E-state index in [1.54, 1.807) is 18.3 Å². The largest absolute Gasteiger partial charge is 0.395 e. The fourth-order valence-electron chi connectivity index (χ4n) is 2.01. The minimum Gasteiger partial charge on any atom is -0.395 e. The molecule has 0 bridgehead atoms. The van der Waals surface area contributed by atoms with Crippen LogP contribution < -0.4 is 4.90 Å². The molecule has 0 saturated carbocycles. The number of anilines is 1. The maximum absolute atomic E-state index is 11.4. The van der Waals surface area contributed by atoms with Gasteiger partial charge in [-0.15, -0.1) is 0 Å². The van der Waals surface area contributed by atoms with Gasteiger partial charge in [0.05, 0.1) is 6.61 Å². The van der Waals surface area contributed by atoms with Crippen molar-refractivity contribution in [3.05, 3.63) is 59.8 Å². The number of carbonyl (C=O) groups excluding carboxylic acids is 1. The SMILES string of the molecule is CC(=O)c1ccnc(N(CCO)Cc2ccccc2)c1. The van der Waals surface area contributed by atoms with Gasteiger partial charge in [-0.05, 0) is 24.6 Å². The van der Waals surface area contributed by atoms with E-state index in [2.05, 4.69) is 4.98 Å². The van der Waals surface area contributed by atoms with E-state index in [-0.39, 0.29) is 12.4 Å². The van der Waals surface area contributed by atoms with Crippen molar-refractivity contribution < 1.29 is 9.90 Å². The van der Waals surface area contributed by atoms with E-state index in [0.717, 1.165) is 5.56 Å². The molecule has 20 heavy (non-hydrogen) atoms. The highest BCUT2D eigenvalue weighted by Crippen LogP contribution is 2.16. The molecule has 4 heteroatoms. The molecule has 1 N–H and O–H groups in total. The Morgan fingerprint density at radius 1 is 1.25 bits per heavy atom. The van der Waals surface area contributed by atoms with E-state index in [4.69, 9.17) is 0 Å². The normalized spacial score (nSPS) is 10.3. The summed E-state index contributed by atoms with van der Waals surface area (Å²) in [6.07, 6.45) is 1.63. The Morgan fingerprint density at radius 2 is 2.00 bits per heavy atom. The molecule has 0 spiro atoms. The van der Waals surface area contributed by atoms with Crippen LogP contribution in [0, 0.1) is 0 Å². The van der Waals surface area contributed by atoms with Crippen molar-refractivity contribution in [2.24, 2.45) is 0 Å². The quantitative estimate of drug-likeness (QED) is 0.818. The summed E-state index contributed by atoms with van der Waals surface area (Å²) in [5.74, 6) is 0.716. The number of carbonyl (C=O) groups is 1. The molecule has 0 saturated heterocycles. The Balaban J connectivity index is 2.24. The van der Waals surface area contributed by atoms with E-state index < -0.39 is 0 Å². The predicted octanol–water partition coefficient (Wildman–Crippen LogP) is 2.28. The first-order valence-corrected chi connectivity index (χ1v) is 6.57. The summed E-state index contributed by atoms with van der Waals surface area (Å²) in [5.41, 5.74) is 1.77. The summed E-state index contributed by atoms with van der Waals surface area (Å²) >= 11 is 0. The molecule has 2 aromatic rings. The highest BCUT2D eigenvalue weighted by Gasteiger charge is 2.10. The molecule has 0 fully saturated rings. The Labute approximate surface area is 118 Å². The highest BCUT2D eigenvalue weighted by atomic mass is 16.3. The number of pyridine rings is 1. The van der Waals surface area contributed by atoms with E-state index in [9.17, 15) is 9.90 Å². The Morgan fingerprint density at radius 3 is 2.65 bits per heavy atom. The van der Waals surface area contributed by atoms with Crippen LogP contribution in [0.5, 0.6) is 0 Å². The van der Waals surface area contributed by atoms with Crippen LogP contribution in [0.4, 0.5) is 5.82 Å². The van der Waals surface area contributed by atoms with E-state index in [1.807, 2.05) is 35.2 Å². The topological polar surface area (TPSA) is 53.4 Å². The third-order valence-corrected chi connectivity index (χ3v) is 3.06. The van der Waals surface area contributed by atoms with Crippen molar-refractivity contribution in [3.8, 4) is 0 Å². The van der Waals surface area contributed by atoms with Gasteiger partial charge in [0.2, 0.25) is 0 Å². The number of aliphatic hydroxyl groups is 1. The molecule has 0 radical (unpaired) electrons. The first-order chi connectivity index (χ1) is 9.70. The zero-order chi connectivity index (χ0) is 14.4. The van der Waals surface area contributed by atoms with Crippen molar-refractivity contribution in [3.63, 3.8) is 0 Å². The second kappa shape index (κ2) is 6.82. The van der Waals surface area contributed by atoms with Crippen LogP contribution in [0.15, 0.2) is 48.7 Å². The number of ketones is 1. The first kappa shape index (κ1) is 14.2. The van der Waals surface area contributed by atoms with Gasteiger partial charge in [0.25, 0.3) is 0 Å². The van der Waals surface area contributed by atoms with Gasteiger partial charge in [-0.3, -0.25) is 4.79 Å². The number of hydrogen-bond acceptors (Lipinski definition) is 4. The summed E-state index contributed by atoms with van der Waals surface area (Å²) in [4.78, 5) is 17.7. The molecular formula is C16H18N2O2. The lowest BCUT2D eigenvalue weighted by atomic mass is 10.1. The third-order valence-electron chi connectivity index (χ3n) is 3.06. The van der Waals surface area contributed by atoms with Crippen LogP contribution in [0.2, 0.25) is 0 Å². The van der Waals surface area contributed by atoms with Crippen LogP contribution in [0.1, 0.15) is 22.8 Å². The monoisotopic (exact) mass is 270 g/mol. The Hall–Kier alpha value is -2.20. The van der Waals surface area contributed by atoms with Crippen molar-refractivity contribution in [2.75, 3.05) is 18.1 Å². The molecule has 0 aliphatic rings. The number of hydrogen-bond donors (Lipinski definition) is 1. The lowest BCUT2D eigenvalue weighted by Gasteiger charge is -2.23. The van der Waals surface area contributed by atoms with Crippen molar-refractivity contribution in [2.45, 2.75) is 13.5 Å². The predicted molar refractivity (Wildman–Crippen MR) is 78.8 cm³/mol. The maximum Gasteiger partial charge on any atom is 0.159 e. The zero-order valence-corrected chi connectivity index (χ0v) is 11.5. The smallest absolute Gasteiger partial charge is 0.159 e. The molecular weight excluding hydrogens is 252 g/mol. The van der Waals surface area contributed by atoms with Crippen LogP contribution >= 0.6 is 0 Å². The summed E-state index contributed by atoms with van der Waals surface area (Å²) in [6.45, 7) is 2.70. The molecule has 1 aromatic carbocycles. The molecule has 4 nitrogen and oxygen atoms in total. The lowest BCUT2D eigenvalue weighted by molar-refractivity contribution is 0.101. The highest BCUT2D eigenvalue weighted by molar-refractivity contribution is 5.94. The number of nitrogens with zero attached hydrogens (tertiary/aromatic N) is 2. The van der Waals surface area contributed by atoms with Crippen molar-refractivity contribution in [1.29, 1.82) is 0 Å². The van der Waals surface area contributed by atoms with Gasteiger partial charge in [0.1, 0.15) is 5.82 Å². The Kier molecular flexibility index (Phi) is 4.85. The van der Waals surface area contributed by atoms with E-state index >= 15 is 0 Å². The van der Waals surface area contributed by atoms with Gasteiger partial charge < -0.3 is 10.0 Å². The molecule has 0 unspecified atom stereocenters. The van der Waals surface area contributed by atoms with Crippen molar-refractivity contribution in [1.82, 2.24) is 4.98 Å². The van der Waals surface area contributed by atoms with Crippen molar-refractivity contribution >= 4 is 11.6 Å². The summed E-state index contributed by atoms with van der Waals surface area (Å²) in [7, 11) is 0. The Bertz CT molecular complexity index is 570. The number of aliphatic hydroxyl groups excluding tert-OH is 1. The van der Waals surface area contributed by atoms with Crippen LogP contribution in [0.3, 0.4) is 0 Å². The summed E-state index contributed by atoms with van der Waals surface area (Å²) < 4.78 is 0. The van der Waals surface area contributed by atoms with Crippen LogP contribution in [0.25, 0.3) is 0 Å². The molecule has 0 aliphatic carbocycles. The average Bonchev–Trinajstić information content (AvgIpc) is 2.48. The fourth-order valence-corrected chi connectivity index (χ4v) is 2.01. The molecule has 0 aliphatic heterocycles. The molecule has 1 aromatic heterocycles. The average molecular weight is 270 g/mol. The minimum absolute atomic E-state index is 0.0114. The van der Waals surface area contributed by atoms with Gasteiger partial charge in [-0.2, -0.15) is 0 Å². The standard InChI is InChI=1S/C16H18N2O2/c1-13(20)15-7-8-17-16(11-15)18(9-10-19)12-14-5-3-2-4-6-14/h2-8,11,19H,9-10,12H2,1H3. The number of Topliss-reactive ketones (excluding diaryl/α,β-unsaturated/α-hetero) is 1. The molecule has 2 rings (SSSR count). The molecule has 0 amide bonds. The maximum atomic E-state index is 11.4. The number of rotatable bonds is 6. The van der Waals surface area contributed by atoms with Gasteiger partial charge in [-0.1, -0.05) is 30.3 Å².